The molecule has 0 heterocycles. The fraction of sp³-hybridized carbons (Fsp3) is 0.391. The summed E-state index contributed by atoms with van der Waals surface area (Å²) in [6, 6.07) is 19.5. The monoisotopic (exact) mass is 398 g/mol. The minimum absolute atomic E-state index is 0.0171. The van der Waals surface area contributed by atoms with Gasteiger partial charge in [0, 0.05) is 17.5 Å². The molecule has 0 spiro atoms. The predicted molar refractivity (Wildman–Crippen MR) is 116 cm³/mol. The number of hydrogen-bond donors (Lipinski definition) is 1. The molecule has 0 aliphatic carbocycles. The smallest absolute Gasteiger partial charge is 0.242 e. The Balaban J connectivity index is 2.05. The Morgan fingerprint density at radius 2 is 1.61 bits per heavy atom. The van der Waals surface area contributed by atoms with Gasteiger partial charge in [0.05, 0.1) is 5.75 Å². The standard InChI is InChI=1S/C23H30N2O2S/c1-4-18(2)24-23(27)19(3)25(16-15-20-11-7-5-8-12-20)22(26)17-28-21-13-9-6-10-14-21/h5-14,18-19H,4,15-17H2,1-3H3,(H,24,27)/t18-,19-/m0/s1. The van der Waals surface area contributed by atoms with Gasteiger partial charge in [-0.3, -0.25) is 9.59 Å². The molecule has 5 heteroatoms. The SMILES string of the molecule is CC[C@H](C)NC(=O)[C@H](C)N(CCc1ccccc1)C(=O)CSc1ccccc1. The zero-order valence-corrected chi connectivity index (χ0v) is 17.7. The Morgan fingerprint density at radius 3 is 2.21 bits per heavy atom. The molecule has 0 aliphatic heterocycles. The summed E-state index contributed by atoms with van der Waals surface area (Å²) in [4.78, 5) is 28.4. The quantitative estimate of drug-likeness (QED) is 0.612. The normalized spacial score (nSPS) is 12.8. The topological polar surface area (TPSA) is 49.4 Å². The average molecular weight is 399 g/mol. The highest BCUT2D eigenvalue weighted by atomic mass is 32.2. The molecule has 2 atom stereocenters. The van der Waals surface area contributed by atoms with Crippen molar-refractivity contribution in [3.63, 3.8) is 0 Å². The van der Waals surface area contributed by atoms with E-state index in [2.05, 4.69) is 5.32 Å². The highest BCUT2D eigenvalue weighted by Gasteiger charge is 2.26. The van der Waals surface area contributed by atoms with Crippen LogP contribution in [0.5, 0.6) is 0 Å². The summed E-state index contributed by atoms with van der Waals surface area (Å²) >= 11 is 1.50. The van der Waals surface area contributed by atoms with Crippen LogP contribution in [-0.2, 0) is 16.0 Å². The van der Waals surface area contributed by atoms with Gasteiger partial charge in [-0.2, -0.15) is 0 Å². The van der Waals surface area contributed by atoms with Gasteiger partial charge in [-0.1, -0.05) is 55.5 Å². The van der Waals surface area contributed by atoms with E-state index < -0.39 is 6.04 Å². The number of hydrogen-bond acceptors (Lipinski definition) is 3. The number of amides is 2. The summed E-state index contributed by atoms with van der Waals surface area (Å²) in [5.41, 5.74) is 1.16. The van der Waals surface area contributed by atoms with Crippen LogP contribution < -0.4 is 5.32 Å². The van der Waals surface area contributed by atoms with Crippen LogP contribution in [-0.4, -0.2) is 41.1 Å². The molecule has 2 aromatic carbocycles. The van der Waals surface area contributed by atoms with E-state index in [0.717, 1.165) is 23.3 Å². The van der Waals surface area contributed by atoms with Crippen LogP contribution in [0.15, 0.2) is 65.6 Å². The van der Waals surface area contributed by atoms with Crippen molar-refractivity contribution in [1.82, 2.24) is 10.2 Å². The molecule has 2 rings (SSSR count). The first-order chi connectivity index (χ1) is 13.5. The van der Waals surface area contributed by atoms with Gasteiger partial charge in [0.2, 0.25) is 11.8 Å². The molecule has 0 saturated heterocycles. The van der Waals surface area contributed by atoms with E-state index in [-0.39, 0.29) is 17.9 Å². The van der Waals surface area contributed by atoms with Gasteiger partial charge in [0.1, 0.15) is 6.04 Å². The van der Waals surface area contributed by atoms with Crippen LogP contribution in [0.2, 0.25) is 0 Å². The van der Waals surface area contributed by atoms with E-state index in [4.69, 9.17) is 0 Å². The summed E-state index contributed by atoms with van der Waals surface area (Å²) in [6.07, 6.45) is 1.59. The van der Waals surface area contributed by atoms with E-state index in [1.165, 1.54) is 11.8 Å². The molecule has 0 fully saturated rings. The third-order valence-electron chi connectivity index (χ3n) is 4.76. The first-order valence-electron chi connectivity index (χ1n) is 9.82. The number of nitrogens with one attached hydrogen (secondary N) is 1. The van der Waals surface area contributed by atoms with Crippen LogP contribution >= 0.6 is 11.8 Å². The molecular formula is C23H30N2O2S. The van der Waals surface area contributed by atoms with E-state index in [1.54, 1.807) is 4.90 Å². The Labute approximate surface area is 172 Å². The number of nitrogens with zero attached hydrogens (tertiary/aromatic N) is 1. The van der Waals surface area contributed by atoms with Crippen molar-refractivity contribution < 1.29 is 9.59 Å². The van der Waals surface area contributed by atoms with Gasteiger partial charge in [-0.25, -0.2) is 0 Å². The highest BCUT2D eigenvalue weighted by Crippen LogP contribution is 2.18. The van der Waals surface area contributed by atoms with Crippen molar-refractivity contribution in [3.8, 4) is 0 Å². The molecule has 0 radical (unpaired) electrons. The lowest BCUT2D eigenvalue weighted by Crippen LogP contribution is -2.51. The molecule has 4 nitrogen and oxygen atoms in total. The lowest BCUT2D eigenvalue weighted by Gasteiger charge is -2.29. The second kappa shape index (κ2) is 11.5. The molecule has 0 aromatic heterocycles. The van der Waals surface area contributed by atoms with Gasteiger partial charge in [-0.05, 0) is 44.4 Å². The number of carbonyl (C=O) groups is 2. The maximum absolute atomic E-state index is 13.0. The Morgan fingerprint density at radius 1 is 1.00 bits per heavy atom. The van der Waals surface area contributed by atoms with Crippen molar-refractivity contribution in [3.05, 3.63) is 66.2 Å². The zero-order valence-electron chi connectivity index (χ0n) is 16.9. The molecule has 2 amide bonds. The molecule has 0 saturated carbocycles. The number of carbonyl (C=O) groups excluding carboxylic acids is 2. The summed E-state index contributed by atoms with van der Waals surface area (Å²) < 4.78 is 0. The average Bonchev–Trinajstić information content (AvgIpc) is 2.73. The summed E-state index contributed by atoms with van der Waals surface area (Å²) in [5, 5.41) is 3.00. The first-order valence-corrected chi connectivity index (χ1v) is 10.8. The largest absolute Gasteiger partial charge is 0.352 e. The third-order valence-corrected chi connectivity index (χ3v) is 5.75. The number of benzene rings is 2. The predicted octanol–water partition coefficient (Wildman–Crippen LogP) is 4.15. The van der Waals surface area contributed by atoms with Crippen molar-refractivity contribution in [2.45, 2.75) is 50.6 Å². The Kier molecular flexibility index (Phi) is 9.08. The third kappa shape index (κ3) is 7.04. The van der Waals surface area contributed by atoms with Crippen molar-refractivity contribution in [1.29, 1.82) is 0 Å². The van der Waals surface area contributed by atoms with Crippen molar-refractivity contribution in [2.75, 3.05) is 12.3 Å². The summed E-state index contributed by atoms with van der Waals surface area (Å²) in [6.45, 7) is 6.34. The lowest BCUT2D eigenvalue weighted by atomic mass is 10.1. The van der Waals surface area contributed by atoms with Crippen LogP contribution in [0.1, 0.15) is 32.8 Å². The van der Waals surface area contributed by atoms with E-state index in [0.29, 0.717) is 12.3 Å². The molecule has 0 aliphatic rings. The molecule has 0 unspecified atom stereocenters. The second-order valence-corrected chi connectivity index (χ2v) is 7.97. The van der Waals surface area contributed by atoms with Crippen molar-refractivity contribution in [2.24, 2.45) is 0 Å². The molecule has 0 bridgehead atoms. The Bertz CT molecular complexity index is 737. The Hall–Kier alpha value is -2.27. The van der Waals surface area contributed by atoms with E-state index in [1.807, 2.05) is 81.4 Å². The van der Waals surface area contributed by atoms with Crippen LogP contribution in [0.25, 0.3) is 0 Å². The van der Waals surface area contributed by atoms with Gasteiger partial charge in [0.15, 0.2) is 0 Å². The molecule has 150 valence electrons. The lowest BCUT2D eigenvalue weighted by molar-refractivity contribution is -0.138. The highest BCUT2D eigenvalue weighted by molar-refractivity contribution is 8.00. The van der Waals surface area contributed by atoms with Gasteiger partial charge in [0.25, 0.3) is 0 Å². The van der Waals surface area contributed by atoms with Crippen LogP contribution in [0.4, 0.5) is 0 Å². The second-order valence-electron chi connectivity index (χ2n) is 6.92. The molecular weight excluding hydrogens is 368 g/mol. The number of rotatable bonds is 10. The first kappa shape index (κ1) is 22.0. The maximum Gasteiger partial charge on any atom is 0.242 e. The van der Waals surface area contributed by atoms with E-state index >= 15 is 0 Å². The van der Waals surface area contributed by atoms with Crippen LogP contribution in [0, 0.1) is 0 Å². The van der Waals surface area contributed by atoms with Gasteiger partial charge in [-0.15, -0.1) is 11.8 Å². The minimum Gasteiger partial charge on any atom is -0.352 e. The van der Waals surface area contributed by atoms with Crippen LogP contribution in [0.3, 0.4) is 0 Å². The van der Waals surface area contributed by atoms with Gasteiger partial charge >= 0.3 is 0 Å². The number of thioether (sulfide) groups is 1. The molecule has 1 N–H and O–H groups in total. The minimum atomic E-state index is -0.499. The fourth-order valence-corrected chi connectivity index (χ4v) is 3.59. The molecule has 28 heavy (non-hydrogen) atoms. The fourth-order valence-electron chi connectivity index (χ4n) is 2.78. The maximum atomic E-state index is 13.0. The molecule has 2 aromatic rings. The van der Waals surface area contributed by atoms with Crippen molar-refractivity contribution >= 4 is 23.6 Å². The summed E-state index contributed by atoms with van der Waals surface area (Å²) in [7, 11) is 0. The summed E-state index contributed by atoms with van der Waals surface area (Å²) in [5.74, 6) is 0.205. The van der Waals surface area contributed by atoms with E-state index in [9.17, 15) is 9.59 Å². The van der Waals surface area contributed by atoms with Gasteiger partial charge < -0.3 is 10.2 Å². The zero-order chi connectivity index (χ0) is 20.4.